The fourth-order valence-electron chi connectivity index (χ4n) is 2.69. The van der Waals surface area contributed by atoms with Crippen molar-refractivity contribution >= 4 is 39.8 Å². The second kappa shape index (κ2) is 8.14. The van der Waals surface area contributed by atoms with E-state index in [2.05, 4.69) is 15.2 Å². The molecule has 1 N–H and O–H groups in total. The van der Waals surface area contributed by atoms with Crippen molar-refractivity contribution in [2.45, 2.75) is 31.9 Å². The van der Waals surface area contributed by atoms with E-state index in [4.69, 9.17) is 4.74 Å². The molecule has 1 atom stereocenters. The fourth-order valence-corrected chi connectivity index (χ4v) is 4.06. The topological polar surface area (TPSA) is 71.0 Å². The molecule has 0 saturated carbocycles. The van der Waals surface area contributed by atoms with Crippen molar-refractivity contribution in [3.63, 3.8) is 0 Å². The SMILES string of the molecule is CCNC(=NCC1CCOC1)N1CCS(=O)(=O)C(C)(C)C1.I. The van der Waals surface area contributed by atoms with Crippen LogP contribution >= 0.6 is 24.0 Å². The molecule has 0 radical (unpaired) electrons. The van der Waals surface area contributed by atoms with Crippen molar-refractivity contribution < 1.29 is 13.2 Å². The van der Waals surface area contributed by atoms with Gasteiger partial charge >= 0.3 is 0 Å². The summed E-state index contributed by atoms with van der Waals surface area (Å²) in [4.78, 5) is 6.76. The van der Waals surface area contributed by atoms with E-state index in [0.717, 1.165) is 38.7 Å². The van der Waals surface area contributed by atoms with E-state index in [0.29, 0.717) is 19.0 Å². The second-order valence-corrected chi connectivity index (χ2v) is 9.17. The molecule has 0 amide bonds. The monoisotopic (exact) mass is 445 g/mol. The molecule has 130 valence electrons. The Morgan fingerprint density at radius 3 is 2.73 bits per heavy atom. The Bertz CT molecular complexity index is 488. The minimum Gasteiger partial charge on any atom is -0.381 e. The molecule has 1 unspecified atom stereocenters. The van der Waals surface area contributed by atoms with E-state index >= 15 is 0 Å². The van der Waals surface area contributed by atoms with Crippen LogP contribution in [-0.4, -0.2) is 69.2 Å². The van der Waals surface area contributed by atoms with E-state index < -0.39 is 14.6 Å². The average molecular weight is 445 g/mol. The Morgan fingerprint density at radius 2 is 2.18 bits per heavy atom. The summed E-state index contributed by atoms with van der Waals surface area (Å²) in [6.45, 7) is 9.75. The van der Waals surface area contributed by atoms with E-state index in [1.165, 1.54) is 0 Å². The van der Waals surface area contributed by atoms with Gasteiger partial charge in [0.2, 0.25) is 0 Å². The van der Waals surface area contributed by atoms with Gasteiger partial charge in [0.25, 0.3) is 0 Å². The van der Waals surface area contributed by atoms with E-state index in [1.54, 1.807) is 13.8 Å². The molecule has 2 aliphatic heterocycles. The Labute approximate surface area is 151 Å². The van der Waals surface area contributed by atoms with Gasteiger partial charge in [0.1, 0.15) is 0 Å². The van der Waals surface area contributed by atoms with Crippen LogP contribution in [0.15, 0.2) is 4.99 Å². The van der Waals surface area contributed by atoms with Gasteiger partial charge in [0.05, 0.1) is 17.1 Å². The van der Waals surface area contributed by atoms with Crippen LogP contribution in [0.3, 0.4) is 0 Å². The Hall–Kier alpha value is -0.0900. The summed E-state index contributed by atoms with van der Waals surface area (Å²) in [6.07, 6.45) is 1.06. The molecule has 0 spiro atoms. The molecule has 0 aliphatic carbocycles. The lowest BCUT2D eigenvalue weighted by Crippen LogP contribution is -2.57. The molecule has 0 bridgehead atoms. The molecule has 0 aromatic carbocycles. The summed E-state index contributed by atoms with van der Waals surface area (Å²) in [7, 11) is -3.02. The summed E-state index contributed by atoms with van der Waals surface area (Å²) in [5.41, 5.74) is 0. The number of hydrogen-bond acceptors (Lipinski definition) is 4. The van der Waals surface area contributed by atoms with Crippen molar-refractivity contribution in [3.05, 3.63) is 0 Å². The molecule has 2 fully saturated rings. The first-order valence-corrected chi connectivity index (χ1v) is 9.34. The molecule has 2 aliphatic rings. The van der Waals surface area contributed by atoms with Crippen LogP contribution in [0.2, 0.25) is 0 Å². The average Bonchev–Trinajstić information content (AvgIpc) is 2.91. The maximum atomic E-state index is 12.1. The molecule has 2 heterocycles. The Morgan fingerprint density at radius 1 is 1.45 bits per heavy atom. The Kier molecular flexibility index (Phi) is 7.38. The normalized spacial score (nSPS) is 27.3. The maximum Gasteiger partial charge on any atom is 0.194 e. The van der Waals surface area contributed by atoms with Crippen LogP contribution in [-0.2, 0) is 14.6 Å². The third-order valence-corrected chi connectivity index (χ3v) is 6.73. The van der Waals surface area contributed by atoms with E-state index in [9.17, 15) is 8.42 Å². The summed E-state index contributed by atoms with van der Waals surface area (Å²) in [5, 5.41) is 3.28. The van der Waals surface area contributed by atoms with Crippen LogP contribution in [0.5, 0.6) is 0 Å². The molecule has 8 heteroatoms. The standard InChI is InChI=1S/C14H27N3O3S.HI/c1-4-15-13(16-9-12-5-7-20-10-12)17-6-8-21(18,19)14(2,3)11-17;/h12H,4-11H2,1-3H3,(H,15,16);1H. The summed E-state index contributed by atoms with van der Waals surface area (Å²) in [5.74, 6) is 1.50. The predicted octanol–water partition coefficient (Wildman–Crippen LogP) is 1.12. The Balaban J connectivity index is 0.00000242. The first-order chi connectivity index (χ1) is 9.86. The molecule has 6 nitrogen and oxygen atoms in total. The van der Waals surface area contributed by atoms with Crippen molar-refractivity contribution in [1.82, 2.24) is 10.2 Å². The highest BCUT2D eigenvalue weighted by molar-refractivity contribution is 14.0. The molecular formula is C14H28IN3O3S. The number of sulfone groups is 1. The van der Waals surface area contributed by atoms with Crippen LogP contribution in [0.25, 0.3) is 0 Å². The number of nitrogens with zero attached hydrogens (tertiary/aromatic N) is 2. The zero-order chi connectivity index (χ0) is 15.5. The van der Waals surface area contributed by atoms with Gasteiger partial charge in [-0.3, -0.25) is 4.99 Å². The van der Waals surface area contributed by atoms with Crippen LogP contribution < -0.4 is 5.32 Å². The number of hydrogen-bond donors (Lipinski definition) is 1. The van der Waals surface area contributed by atoms with Gasteiger partial charge in [0.15, 0.2) is 15.8 Å². The third-order valence-electron chi connectivity index (χ3n) is 4.20. The van der Waals surface area contributed by atoms with Gasteiger partial charge in [-0.2, -0.15) is 0 Å². The van der Waals surface area contributed by atoms with Gasteiger partial charge in [-0.25, -0.2) is 8.42 Å². The first kappa shape index (κ1) is 20.0. The largest absolute Gasteiger partial charge is 0.381 e. The summed E-state index contributed by atoms with van der Waals surface area (Å²) >= 11 is 0. The van der Waals surface area contributed by atoms with Crippen molar-refractivity contribution in [1.29, 1.82) is 0 Å². The minimum atomic E-state index is -3.02. The zero-order valence-electron chi connectivity index (χ0n) is 13.7. The van der Waals surface area contributed by atoms with Crippen LogP contribution in [0.4, 0.5) is 0 Å². The van der Waals surface area contributed by atoms with E-state index in [1.807, 2.05) is 6.92 Å². The van der Waals surface area contributed by atoms with Gasteiger partial charge in [-0.05, 0) is 27.2 Å². The fraction of sp³-hybridized carbons (Fsp3) is 0.929. The lowest BCUT2D eigenvalue weighted by Gasteiger charge is -2.39. The molecule has 0 aromatic heterocycles. The minimum absolute atomic E-state index is 0. The summed E-state index contributed by atoms with van der Waals surface area (Å²) in [6, 6.07) is 0. The number of nitrogens with one attached hydrogen (secondary N) is 1. The molecular weight excluding hydrogens is 417 g/mol. The first-order valence-electron chi connectivity index (χ1n) is 7.69. The highest BCUT2D eigenvalue weighted by Crippen LogP contribution is 2.24. The van der Waals surface area contributed by atoms with Gasteiger partial charge < -0.3 is 15.0 Å². The molecule has 0 aromatic rings. The maximum absolute atomic E-state index is 12.1. The zero-order valence-corrected chi connectivity index (χ0v) is 16.8. The van der Waals surface area contributed by atoms with Crippen molar-refractivity contribution in [2.24, 2.45) is 10.9 Å². The third kappa shape index (κ3) is 4.70. The van der Waals surface area contributed by atoms with Gasteiger partial charge in [0, 0.05) is 38.7 Å². The number of guanidine groups is 1. The number of rotatable bonds is 3. The molecule has 2 rings (SSSR count). The lowest BCUT2D eigenvalue weighted by atomic mass is 10.1. The predicted molar refractivity (Wildman–Crippen MR) is 99.8 cm³/mol. The molecule has 22 heavy (non-hydrogen) atoms. The second-order valence-electron chi connectivity index (χ2n) is 6.42. The number of ether oxygens (including phenoxy) is 1. The molecule has 2 saturated heterocycles. The quantitative estimate of drug-likeness (QED) is 0.401. The van der Waals surface area contributed by atoms with Crippen LogP contribution in [0, 0.1) is 5.92 Å². The van der Waals surface area contributed by atoms with Crippen molar-refractivity contribution in [2.75, 3.05) is 45.1 Å². The van der Waals surface area contributed by atoms with E-state index in [-0.39, 0.29) is 29.7 Å². The number of aliphatic imine (C=N–C) groups is 1. The highest BCUT2D eigenvalue weighted by atomic mass is 127. The lowest BCUT2D eigenvalue weighted by molar-refractivity contribution is 0.187. The van der Waals surface area contributed by atoms with Gasteiger partial charge in [-0.1, -0.05) is 0 Å². The number of halogens is 1. The van der Waals surface area contributed by atoms with Crippen LogP contribution in [0.1, 0.15) is 27.2 Å². The highest BCUT2D eigenvalue weighted by Gasteiger charge is 2.41. The van der Waals surface area contributed by atoms with Crippen molar-refractivity contribution in [3.8, 4) is 0 Å². The summed E-state index contributed by atoms with van der Waals surface area (Å²) < 4.78 is 28.8. The van der Waals surface area contributed by atoms with Gasteiger partial charge in [-0.15, -0.1) is 24.0 Å². The smallest absolute Gasteiger partial charge is 0.194 e.